The molecule has 0 fully saturated rings. The van der Waals surface area contributed by atoms with E-state index in [-0.39, 0.29) is 12.0 Å². The number of ether oxygens (including phenoxy) is 1. The van der Waals surface area contributed by atoms with Crippen molar-refractivity contribution in [3.8, 4) is 0 Å². The monoisotopic (exact) mass is 283 g/mol. The van der Waals surface area contributed by atoms with Crippen molar-refractivity contribution in [2.24, 2.45) is 0 Å². The van der Waals surface area contributed by atoms with E-state index in [1.165, 1.54) is 18.2 Å². The van der Waals surface area contributed by atoms with Gasteiger partial charge in [0, 0.05) is 12.6 Å². The van der Waals surface area contributed by atoms with Gasteiger partial charge < -0.3 is 10.1 Å². The van der Waals surface area contributed by atoms with E-state index in [4.69, 9.17) is 4.74 Å². The average Bonchev–Trinajstić information content (AvgIpc) is 2.53. The summed E-state index contributed by atoms with van der Waals surface area (Å²) in [7, 11) is 1.42. The zero-order valence-electron chi connectivity index (χ0n) is 12.5. The summed E-state index contributed by atoms with van der Waals surface area (Å²) >= 11 is 0. The Balaban J connectivity index is 2.09. The first-order valence-corrected chi connectivity index (χ1v) is 7.10. The van der Waals surface area contributed by atoms with E-state index in [1.54, 1.807) is 0 Å². The molecule has 1 unspecified atom stereocenters. The molecule has 2 aromatic rings. The van der Waals surface area contributed by atoms with Crippen LogP contribution in [-0.2, 0) is 16.1 Å². The van der Waals surface area contributed by atoms with Crippen molar-refractivity contribution >= 4 is 5.97 Å². The number of carbonyl (C=O) groups is 1. The summed E-state index contributed by atoms with van der Waals surface area (Å²) in [6.45, 7) is 2.82. The van der Waals surface area contributed by atoms with Crippen LogP contribution in [0.15, 0.2) is 54.6 Å². The van der Waals surface area contributed by atoms with E-state index in [0.717, 1.165) is 12.1 Å². The Morgan fingerprint density at radius 1 is 1.10 bits per heavy atom. The normalized spacial score (nSPS) is 11.9. The van der Waals surface area contributed by atoms with Crippen LogP contribution in [0.1, 0.15) is 29.2 Å². The number of benzene rings is 2. The molecule has 0 aliphatic rings. The maximum atomic E-state index is 11.6. The molecule has 110 valence electrons. The fraction of sp³-hybridized carbons (Fsp3) is 0.278. The van der Waals surface area contributed by atoms with Gasteiger partial charge in [0.25, 0.3) is 0 Å². The summed E-state index contributed by atoms with van der Waals surface area (Å²) in [5.41, 5.74) is 3.58. The predicted octanol–water partition coefficient (Wildman–Crippen LogP) is 3.39. The molecule has 2 rings (SSSR count). The SMILES string of the molecule is COC(=O)CC(NCc1ccccc1C)c1ccccc1. The van der Waals surface area contributed by atoms with Gasteiger partial charge in [-0.1, -0.05) is 54.6 Å². The molecule has 1 N–H and O–H groups in total. The van der Waals surface area contributed by atoms with Crippen molar-refractivity contribution in [2.75, 3.05) is 7.11 Å². The van der Waals surface area contributed by atoms with Gasteiger partial charge in [-0.2, -0.15) is 0 Å². The van der Waals surface area contributed by atoms with Gasteiger partial charge in [0.15, 0.2) is 0 Å². The van der Waals surface area contributed by atoms with Crippen molar-refractivity contribution < 1.29 is 9.53 Å². The lowest BCUT2D eigenvalue weighted by Crippen LogP contribution is -2.24. The lowest BCUT2D eigenvalue weighted by molar-refractivity contribution is -0.141. The summed E-state index contributed by atoms with van der Waals surface area (Å²) < 4.78 is 4.80. The van der Waals surface area contributed by atoms with E-state index in [2.05, 4.69) is 24.4 Å². The molecule has 0 aromatic heterocycles. The molecular weight excluding hydrogens is 262 g/mol. The van der Waals surface area contributed by atoms with E-state index >= 15 is 0 Å². The number of methoxy groups -OCH3 is 1. The second kappa shape index (κ2) is 7.60. The third kappa shape index (κ3) is 4.43. The van der Waals surface area contributed by atoms with Crippen LogP contribution in [-0.4, -0.2) is 13.1 Å². The standard InChI is InChI=1S/C18H21NO2/c1-14-8-6-7-11-16(14)13-19-17(12-18(20)21-2)15-9-4-3-5-10-15/h3-11,17,19H,12-13H2,1-2H3. The second-order valence-electron chi connectivity index (χ2n) is 5.05. The molecule has 0 heterocycles. The summed E-state index contributed by atoms with van der Waals surface area (Å²) in [6, 6.07) is 18.2. The fourth-order valence-electron chi connectivity index (χ4n) is 2.28. The quantitative estimate of drug-likeness (QED) is 0.826. The summed E-state index contributed by atoms with van der Waals surface area (Å²) in [5, 5.41) is 3.46. The zero-order chi connectivity index (χ0) is 15.1. The highest BCUT2D eigenvalue weighted by Gasteiger charge is 2.16. The third-order valence-electron chi connectivity index (χ3n) is 3.60. The Morgan fingerprint density at radius 2 is 1.76 bits per heavy atom. The molecule has 0 aliphatic carbocycles. The molecule has 0 bridgehead atoms. The highest BCUT2D eigenvalue weighted by atomic mass is 16.5. The van der Waals surface area contributed by atoms with Gasteiger partial charge in [0.1, 0.15) is 0 Å². The van der Waals surface area contributed by atoms with Gasteiger partial charge in [-0.3, -0.25) is 4.79 Å². The number of aryl methyl sites for hydroxylation is 1. The van der Waals surface area contributed by atoms with Crippen LogP contribution in [0.25, 0.3) is 0 Å². The Morgan fingerprint density at radius 3 is 2.43 bits per heavy atom. The van der Waals surface area contributed by atoms with Crippen LogP contribution in [0.4, 0.5) is 0 Å². The van der Waals surface area contributed by atoms with Gasteiger partial charge in [0.2, 0.25) is 0 Å². The number of carbonyl (C=O) groups excluding carboxylic acids is 1. The van der Waals surface area contributed by atoms with Gasteiger partial charge >= 0.3 is 5.97 Å². The van der Waals surface area contributed by atoms with Crippen molar-refractivity contribution in [1.29, 1.82) is 0 Å². The summed E-state index contributed by atoms with van der Waals surface area (Å²) in [6.07, 6.45) is 0.326. The molecule has 0 amide bonds. The fourth-order valence-corrected chi connectivity index (χ4v) is 2.28. The molecule has 0 saturated carbocycles. The van der Waals surface area contributed by atoms with Crippen LogP contribution in [0.3, 0.4) is 0 Å². The molecule has 0 aliphatic heterocycles. The maximum Gasteiger partial charge on any atom is 0.307 e. The highest BCUT2D eigenvalue weighted by molar-refractivity contribution is 5.70. The van der Waals surface area contributed by atoms with E-state index < -0.39 is 0 Å². The van der Waals surface area contributed by atoms with Gasteiger partial charge in [0.05, 0.1) is 13.5 Å². The summed E-state index contributed by atoms with van der Waals surface area (Å²) in [5.74, 6) is -0.207. The lowest BCUT2D eigenvalue weighted by atomic mass is 10.0. The number of hydrogen-bond acceptors (Lipinski definition) is 3. The average molecular weight is 283 g/mol. The first kappa shape index (κ1) is 15.3. The van der Waals surface area contributed by atoms with Crippen molar-refractivity contribution in [2.45, 2.75) is 25.9 Å². The van der Waals surface area contributed by atoms with Gasteiger partial charge in [-0.05, 0) is 23.6 Å². The molecule has 1 atom stereocenters. The minimum atomic E-state index is -0.207. The van der Waals surface area contributed by atoms with Crippen molar-refractivity contribution in [3.63, 3.8) is 0 Å². The molecule has 21 heavy (non-hydrogen) atoms. The number of hydrogen-bond donors (Lipinski definition) is 1. The van der Waals surface area contributed by atoms with E-state index in [9.17, 15) is 4.79 Å². The summed E-state index contributed by atoms with van der Waals surface area (Å²) in [4.78, 5) is 11.6. The minimum absolute atomic E-state index is 0.0433. The molecule has 3 nitrogen and oxygen atoms in total. The second-order valence-corrected chi connectivity index (χ2v) is 5.05. The number of nitrogens with one attached hydrogen (secondary N) is 1. The maximum absolute atomic E-state index is 11.6. The van der Waals surface area contributed by atoms with Gasteiger partial charge in [-0.25, -0.2) is 0 Å². The Kier molecular flexibility index (Phi) is 5.52. The molecule has 2 aromatic carbocycles. The molecule has 0 spiro atoms. The van der Waals surface area contributed by atoms with Crippen LogP contribution < -0.4 is 5.32 Å². The minimum Gasteiger partial charge on any atom is -0.469 e. The Bertz CT molecular complexity index is 581. The Hall–Kier alpha value is -2.13. The van der Waals surface area contributed by atoms with Crippen LogP contribution in [0, 0.1) is 6.92 Å². The Labute approximate surface area is 126 Å². The first-order valence-electron chi connectivity index (χ1n) is 7.10. The van der Waals surface area contributed by atoms with Gasteiger partial charge in [-0.15, -0.1) is 0 Å². The largest absolute Gasteiger partial charge is 0.469 e. The number of rotatable bonds is 6. The first-order chi connectivity index (χ1) is 10.2. The zero-order valence-corrected chi connectivity index (χ0v) is 12.5. The van der Waals surface area contributed by atoms with Crippen molar-refractivity contribution in [3.05, 3.63) is 71.3 Å². The molecule has 0 saturated heterocycles. The predicted molar refractivity (Wildman–Crippen MR) is 83.8 cm³/mol. The highest BCUT2D eigenvalue weighted by Crippen LogP contribution is 2.18. The lowest BCUT2D eigenvalue weighted by Gasteiger charge is -2.19. The van der Waals surface area contributed by atoms with Crippen molar-refractivity contribution in [1.82, 2.24) is 5.32 Å². The molecular formula is C18H21NO2. The molecule has 0 radical (unpaired) electrons. The smallest absolute Gasteiger partial charge is 0.307 e. The van der Waals surface area contributed by atoms with Crippen LogP contribution >= 0.6 is 0 Å². The number of esters is 1. The van der Waals surface area contributed by atoms with Crippen LogP contribution in [0.5, 0.6) is 0 Å². The molecule has 3 heteroatoms. The third-order valence-corrected chi connectivity index (χ3v) is 3.60. The van der Waals surface area contributed by atoms with Crippen LogP contribution in [0.2, 0.25) is 0 Å². The topological polar surface area (TPSA) is 38.3 Å². The van der Waals surface area contributed by atoms with E-state index in [1.807, 2.05) is 42.5 Å². The van der Waals surface area contributed by atoms with E-state index in [0.29, 0.717) is 6.42 Å².